The molecule has 8 heteroatoms. The zero-order valence-electron chi connectivity index (χ0n) is 25.0. The van der Waals surface area contributed by atoms with E-state index < -0.39 is 9.84 Å². The van der Waals surface area contributed by atoms with Gasteiger partial charge in [-0.05, 0) is 84.0 Å². The van der Waals surface area contributed by atoms with Crippen LogP contribution in [0.4, 0.5) is 5.69 Å². The molecule has 43 heavy (non-hydrogen) atoms. The van der Waals surface area contributed by atoms with E-state index in [1.165, 1.54) is 17.4 Å². The molecule has 0 aliphatic carbocycles. The third-order valence-corrected chi connectivity index (χ3v) is 10.3. The summed E-state index contributed by atoms with van der Waals surface area (Å²) in [4.78, 5) is 9.54. The Balaban J connectivity index is 1.44. The number of hydrogen-bond donors (Lipinski definition) is 1. The van der Waals surface area contributed by atoms with E-state index in [1.807, 2.05) is 48.5 Å². The molecule has 1 unspecified atom stereocenters. The highest BCUT2D eigenvalue weighted by atomic mass is 35.5. The number of para-hydroxylation sites is 1. The number of aliphatic imine (C=N–C) groups is 1. The summed E-state index contributed by atoms with van der Waals surface area (Å²) in [5.41, 5.74) is 12.4. The summed E-state index contributed by atoms with van der Waals surface area (Å²) in [6.45, 7) is 8.32. The first kappa shape index (κ1) is 31.2. The van der Waals surface area contributed by atoms with Crippen molar-refractivity contribution >= 4 is 44.2 Å². The van der Waals surface area contributed by atoms with Crippen molar-refractivity contribution in [1.29, 1.82) is 0 Å². The van der Waals surface area contributed by atoms with Crippen molar-refractivity contribution in [1.82, 2.24) is 4.90 Å². The molecule has 2 heterocycles. The Morgan fingerprint density at radius 2 is 1.79 bits per heavy atom. The smallest absolute Gasteiger partial charge is 0.175 e. The van der Waals surface area contributed by atoms with Crippen LogP contribution in [0, 0.1) is 0 Å². The van der Waals surface area contributed by atoms with Crippen molar-refractivity contribution < 1.29 is 8.42 Å². The van der Waals surface area contributed by atoms with Crippen LogP contribution in [0.5, 0.6) is 0 Å². The lowest BCUT2D eigenvalue weighted by Crippen LogP contribution is -2.28. The molecule has 4 aromatic rings. The summed E-state index contributed by atoms with van der Waals surface area (Å²) in [5.74, 6) is 0. The lowest BCUT2D eigenvalue weighted by atomic mass is 9.86. The Kier molecular flexibility index (Phi) is 9.28. The van der Waals surface area contributed by atoms with Gasteiger partial charge in [0.25, 0.3) is 0 Å². The molecule has 0 amide bonds. The second kappa shape index (κ2) is 12.8. The van der Waals surface area contributed by atoms with Crippen LogP contribution < -0.4 is 5.73 Å². The van der Waals surface area contributed by atoms with Crippen LogP contribution >= 0.6 is 22.9 Å². The number of allylic oxidation sites excluding steroid dienone is 1. The van der Waals surface area contributed by atoms with Crippen LogP contribution in [0.25, 0.3) is 10.4 Å². The fourth-order valence-electron chi connectivity index (χ4n) is 5.40. The highest BCUT2D eigenvalue weighted by Crippen LogP contribution is 2.35. The third kappa shape index (κ3) is 7.65. The average Bonchev–Trinajstić information content (AvgIpc) is 3.63. The predicted molar refractivity (Wildman–Crippen MR) is 181 cm³/mol. The van der Waals surface area contributed by atoms with E-state index in [-0.39, 0.29) is 5.41 Å². The molecular weight excluding hydrogens is 594 g/mol. The van der Waals surface area contributed by atoms with Crippen LogP contribution in [0.3, 0.4) is 0 Å². The normalized spacial score (nSPS) is 17.0. The highest BCUT2D eigenvalue weighted by Gasteiger charge is 2.27. The first-order chi connectivity index (χ1) is 20.4. The van der Waals surface area contributed by atoms with Gasteiger partial charge in [0, 0.05) is 29.4 Å². The Morgan fingerprint density at radius 3 is 2.49 bits per heavy atom. The lowest BCUT2D eigenvalue weighted by molar-refractivity contribution is 0.278. The van der Waals surface area contributed by atoms with Gasteiger partial charge < -0.3 is 5.73 Å². The maximum absolute atomic E-state index is 12.1. The van der Waals surface area contributed by atoms with E-state index in [2.05, 4.69) is 49.9 Å². The van der Waals surface area contributed by atoms with E-state index in [0.717, 1.165) is 40.4 Å². The van der Waals surface area contributed by atoms with Gasteiger partial charge >= 0.3 is 0 Å². The van der Waals surface area contributed by atoms with E-state index >= 15 is 0 Å². The summed E-state index contributed by atoms with van der Waals surface area (Å²) in [7, 11) is -3.31. The standard InChI is InChI=1S/C35H38ClN3O2S2/c1-35(2,3)26-16-14-24(15-17-26)32-13-8-20-39(32)23-27(37)22-31(38-30-12-6-5-11-29(30)36)34-19-18-33(42-34)25-9-7-10-28(21-25)43(4,40)41/h5-7,9-12,14-19,21-22,32H,8,13,20,23,37H2,1-4H3. The molecule has 5 nitrogen and oxygen atoms in total. The molecule has 1 aliphatic heterocycles. The Bertz CT molecular complexity index is 1770. The van der Waals surface area contributed by atoms with Gasteiger partial charge in [-0.2, -0.15) is 0 Å². The molecular formula is C35H38ClN3O2S2. The molecule has 2 N–H and O–H groups in total. The van der Waals surface area contributed by atoms with Crippen molar-refractivity contribution in [2.45, 2.75) is 50.0 Å². The van der Waals surface area contributed by atoms with Crippen LogP contribution in [0.15, 0.2) is 107 Å². The molecule has 1 aromatic heterocycles. The first-order valence-corrected chi connectivity index (χ1v) is 17.5. The second-order valence-electron chi connectivity index (χ2n) is 12.1. The zero-order chi connectivity index (χ0) is 30.8. The number of nitrogens with zero attached hydrogens (tertiary/aromatic N) is 2. The second-order valence-corrected chi connectivity index (χ2v) is 15.6. The predicted octanol–water partition coefficient (Wildman–Crippen LogP) is 8.57. The minimum atomic E-state index is -3.31. The molecule has 0 spiro atoms. The van der Waals surface area contributed by atoms with Gasteiger partial charge in [0.2, 0.25) is 0 Å². The van der Waals surface area contributed by atoms with Crippen LogP contribution in [0.1, 0.15) is 55.7 Å². The Morgan fingerprint density at radius 1 is 1.05 bits per heavy atom. The van der Waals surface area contributed by atoms with E-state index in [1.54, 1.807) is 29.5 Å². The van der Waals surface area contributed by atoms with E-state index in [4.69, 9.17) is 22.3 Å². The van der Waals surface area contributed by atoms with Crippen LogP contribution in [0.2, 0.25) is 5.02 Å². The summed E-state index contributed by atoms with van der Waals surface area (Å²) in [6, 6.07) is 27.8. The number of hydrogen-bond acceptors (Lipinski definition) is 6. The van der Waals surface area contributed by atoms with Crippen molar-refractivity contribution in [2.75, 3.05) is 19.3 Å². The van der Waals surface area contributed by atoms with Gasteiger partial charge in [0.15, 0.2) is 9.84 Å². The van der Waals surface area contributed by atoms with Crippen LogP contribution in [-0.4, -0.2) is 38.4 Å². The van der Waals surface area contributed by atoms with Gasteiger partial charge in [0.1, 0.15) is 0 Å². The number of rotatable bonds is 8. The minimum Gasteiger partial charge on any atom is -0.401 e. The molecule has 5 rings (SSSR count). The fraction of sp³-hybridized carbons (Fsp3) is 0.286. The molecule has 1 atom stereocenters. The average molecular weight is 632 g/mol. The van der Waals surface area contributed by atoms with E-state index in [0.29, 0.717) is 33.9 Å². The molecule has 1 saturated heterocycles. The summed E-state index contributed by atoms with van der Waals surface area (Å²) in [6.07, 6.45) is 5.40. The number of benzene rings is 3. The Hall–Kier alpha value is -3.23. The van der Waals surface area contributed by atoms with Gasteiger partial charge in [-0.3, -0.25) is 4.90 Å². The molecule has 1 fully saturated rings. The van der Waals surface area contributed by atoms with Gasteiger partial charge in [-0.15, -0.1) is 11.3 Å². The maximum atomic E-state index is 12.1. The first-order valence-electron chi connectivity index (χ1n) is 14.4. The SMILES string of the molecule is CC(C)(C)c1ccc(C2CCCN2CC(N)=CC(=Nc2ccccc2Cl)c2ccc(-c3cccc(S(C)(=O)=O)c3)s2)cc1. The van der Waals surface area contributed by atoms with Gasteiger partial charge in [-0.1, -0.05) is 80.9 Å². The number of sulfone groups is 1. The highest BCUT2D eigenvalue weighted by molar-refractivity contribution is 7.90. The monoisotopic (exact) mass is 631 g/mol. The molecule has 224 valence electrons. The third-order valence-electron chi connectivity index (χ3n) is 7.73. The lowest BCUT2D eigenvalue weighted by Gasteiger charge is -2.26. The summed E-state index contributed by atoms with van der Waals surface area (Å²) < 4.78 is 24.3. The molecule has 0 radical (unpaired) electrons. The van der Waals surface area contributed by atoms with E-state index in [9.17, 15) is 8.42 Å². The number of nitrogens with two attached hydrogens (primary N) is 1. The quantitative estimate of drug-likeness (QED) is 0.198. The number of likely N-dealkylation sites (tertiary alicyclic amines) is 1. The number of thiophene rings is 1. The Labute approximate surface area is 264 Å². The molecule has 1 aliphatic rings. The van der Waals surface area contributed by atoms with Crippen molar-refractivity contribution in [2.24, 2.45) is 10.7 Å². The van der Waals surface area contributed by atoms with Gasteiger partial charge in [-0.25, -0.2) is 13.4 Å². The maximum Gasteiger partial charge on any atom is 0.175 e. The van der Waals surface area contributed by atoms with Gasteiger partial charge in [0.05, 0.1) is 26.2 Å². The minimum absolute atomic E-state index is 0.122. The molecule has 0 saturated carbocycles. The van der Waals surface area contributed by atoms with Crippen molar-refractivity contribution in [3.8, 4) is 10.4 Å². The topological polar surface area (TPSA) is 75.8 Å². The van der Waals surface area contributed by atoms with Crippen LogP contribution in [-0.2, 0) is 15.3 Å². The number of halogens is 1. The zero-order valence-corrected chi connectivity index (χ0v) is 27.4. The van der Waals surface area contributed by atoms with Crippen molar-refractivity contribution in [3.05, 3.63) is 118 Å². The summed E-state index contributed by atoms with van der Waals surface area (Å²) >= 11 is 8.04. The summed E-state index contributed by atoms with van der Waals surface area (Å²) in [5, 5.41) is 0.558. The molecule has 3 aromatic carbocycles. The fourth-order valence-corrected chi connectivity index (χ4v) is 7.20. The molecule has 0 bridgehead atoms. The largest absolute Gasteiger partial charge is 0.401 e. The van der Waals surface area contributed by atoms with Crippen molar-refractivity contribution in [3.63, 3.8) is 0 Å².